The SMILES string of the molecule is Cc1cc(C)n(CC(O)COc2ccc(-c3ccccc3)cc2)n1. The molecule has 1 unspecified atom stereocenters. The Morgan fingerprint density at radius 1 is 1.00 bits per heavy atom. The van der Waals surface area contributed by atoms with E-state index in [1.807, 2.05) is 67.1 Å². The Hall–Kier alpha value is -2.59. The van der Waals surface area contributed by atoms with E-state index in [1.165, 1.54) is 5.56 Å². The number of rotatable bonds is 6. The molecule has 0 amide bonds. The van der Waals surface area contributed by atoms with Crippen molar-refractivity contribution in [1.82, 2.24) is 9.78 Å². The third-order valence-electron chi connectivity index (χ3n) is 3.89. The van der Waals surface area contributed by atoms with E-state index in [2.05, 4.69) is 17.2 Å². The van der Waals surface area contributed by atoms with Crippen molar-refractivity contribution in [1.29, 1.82) is 0 Å². The highest BCUT2D eigenvalue weighted by Gasteiger charge is 2.09. The van der Waals surface area contributed by atoms with E-state index in [0.717, 1.165) is 22.7 Å². The monoisotopic (exact) mass is 322 g/mol. The minimum Gasteiger partial charge on any atom is -0.491 e. The summed E-state index contributed by atoms with van der Waals surface area (Å²) >= 11 is 0. The second-order valence-corrected chi connectivity index (χ2v) is 5.96. The van der Waals surface area contributed by atoms with E-state index in [-0.39, 0.29) is 6.61 Å². The normalized spacial score (nSPS) is 12.1. The molecule has 4 heteroatoms. The summed E-state index contributed by atoms with van der Waals surface area (Å²) in [7, 11) is 0. The van der Waals surface area contributed by atoms with E-state index < -0.39 is 6.10 Å². The number of hydrogen-bond acceptors (Lipinski definition) is 3. The fraction of sp³-hybridized carbons (Fsp3) is 0.250. The number of aryl methyl sites for hydroxylation is 2. The van der Waals surface area contributed by atoms with Gasteiger partial charge < -0.3 is 9.84 Å². The first-order valence-corrected chi connectivity index (χ1v) is 8.09. The summed E-state index contributed by atoms with van der Waals surface area (Å²) in [6.45, 7) is 4.60. The zero-order valence-corrected chi connectivity index (χ0v) is 14.0. The van der Waals surface area contributed by atoms with Crippen LogP contribution in [0.1, 0.15) is 11.4 Å². The van der Waals surface area contributed by atoms with Gasteiger partial charge in [0, 0.05) is 5.69 Å². The van der Waals surface area contributed by atoms with Crippen LogP contribution in [0.2, 0.25) is 0 Å². The third kappa shape index (κ3) is 4.03. The van der Waals surface area contributed by atoms with Gasteiger partial charge in [-0.05, 0) is 43.2 Å². The van der Waals surface area contributed by atoms with Crippen molar-refractivity contribution in [3.63, 3.8) is 0 Å². The maximum Gasteiger partial charge on any atom is 0.119 e. The largest absolute Gasteiger partial charge is 0.491 e. The first-order chi connectivity index (χ1) is 11.6. The van der Waals surface area contributed by atoms with Gasteiger partial charge in [0.05, 0.1) is 12.2 Å². The van der Waals surface area contributed by atoms with Crippen molar-refractivity contribution < 1.29 is 9.84 Å². The summed E-state index contributed by atoms with van der Waals surface area (Å²) in [5, 5.41) is 14.5. The summed E-state index contributed by atoms with van der Waals surface area (Å²) in [5.41, 5.74) is 4.32. The van der Waals surface area contributed by atoms with Gasteiger partial charge in [0.1, 0.15) is 18.5 Å². The number of aromatic nitrogens is 2. The number of ether oxygens (including phenoxy) is 1. The second-order valence-electron chi connectivity index (χ2n) is 5.96. The molecule has 0 aliphatic rings. The Bertz CT molecular complexity index is 779. The Morgan fingerprint density at radius 3 is 2.29 bits per heavy atom. The van der Waals surface area contributed by atoms with Crippen molar-refractivity contribution in [2.24, 2.45) is 0 Å². The first kappa shape index (κ1) is 16.3. The summed E-state index contributed by atoms with van der Waals surface area (Å²) in [6.07, 6.45) is -0.600. The van der Waals surface area contributed by atoms with Crippen molar-refractivity contribution in [3.05, 3.63) is 72.1 Å². The lowest BCUT2D eigenvalue weighted by atomic mass is 10.1. The Kier molecular flexibility index (Phi) is 4.96. The van der Waals surface area contributed by atoms with Gasteiger partial charge in [-0.1, -0.05) is 42.5 Å². The highest BCUT2D eigenvalue weighted by Crippen LogP contribution is 2.22. The predicted molar refractivity (Wildman–Crippen MR) is 95.1 cm³/mol. The minimum atomic E-state index is -0.600. The maximum absolute atomic E-state index is 10.1. The molecule has 2 aromatic carbocycles. The van der Waals surface area contributed by atoms with Crippen LogP contribution in [0.3, 0.4) is 0 Å². The average molecular weight is 322 g/mol. The summed E-state index contributed by atoms with van der Waals surface area (Å²) in [4.78, 5) is 0. The van der Waals surface area contributed by atoms with E-state index in [9.17, 15) is 5.11 Å². The Labute approximate surface area is 142 Å². The standard InChI is InChI=1S/C20H22N2O2/c1-15-12-16(2)22(21-15)13-19(23)14-24-20-10-8-18(9-11-20)17-6-4-3-5-7-17/h3-12,19,23H,13-14H2,1-2H3. The molecule has 1 aromatic heterocycles. The van der Waals surface area contributed by atoms with Crippen LogP contribution in [-0.2, 0) is 6.54 Å². The Balaban J connectivity index is 1.55. The molecule has 0 aliphatic heterocycles. The quantitative estimate of drug-likeness (QED) is 0.754. The molecule has 0 saturated heterocycles. The van der Waals surface area contributed by atoms with Gasteiger partial charge in [-0.15, -0.1) is 0 Å². The smallest absolute Gasteiger partial charge is 0.119 e. The molecule has 0 fully saturated rings. The van der Waals surface area contributed by atoms with E-state index in [0.29, 0.717) is 6.54 Å². The number of benzene rings is 2. The second kappa shape index (κ2) is 7.32. The van der Waals surface area contributed by atoms with Gasteiger partial charge in [0.2, 0.25) is 0 Å². The van der Waals surface area contributed by atoms with Gasteiger partial charge in [0.25, 0.3) is 0 Å². The third-order valence-corrected chi connectivity index (χ3v) is 3.89. The molecule has 1 N–H and O–H groups in total. The molecule has 0 saturated carbocycles. The average Bonchev–Trinajstić information content (AvgIpc) is 2.91. The fourth-order valence-corrected chi connectivity index (χ4v) is 2.68. The predicted octanol–water partition coefficient (Wildman–Crippen LogP) is 3.61. The molecule has 1 atom stereocenters. The van der Waals surface area contributed by atoms with Crippen molar-refractivity contribution in [3.8, 4) is 16.9 Å². The van der Waals surface area contributed by atoms with Crippen LogP contribution in [0, 0.1) is 13.8 Å². The van der Waals surface area contributed by atoms with Crippen LogP contribution >= 0.6 is 0 Å². The van der Waals surface area contributed by atoms with E-state index in [4.69, 9.17) is 4.74 Å². The van der Waals surface area contributed by atoms with Gasteiger partial charge in [-0.3, -0.25) is 4.68 Å². The molecule has 0 bridgehead atoms. The van der Waals surface area contributed by atoms with E-state index in [1.54, 1.807) is 0 Å². The van der Waals surface area contributed by atoms with Crippen LogP contribution in [0.25, 0.3) is 11.1 Å². The Morgan fingerprint density at radius 2 is 1.67 bits per heavy atom. The van der Waals surface area contributed by atoms with Gasteiger partial charge in [0.15, 0.2) is 0 Å². The van der Waals surface area contributed by atoms with E-state index >= 15 is 0 Å². The topological polar surface area (TPSA) is 47.3 Å². The molecule has 4 nitrogen and oxygen atoms in total. The molecule has 0 aliphatic carbocycles. The van der Waals surface area contributed by atoms with Crippen LogP contribution in [-0.4, -0.2) is 27.6 Å². The first-order valence-electron chi connectivity index (χ1n) is 8.09. The number of aliphatic hydroxyl groups is 1. The molecule has 1 heterocycles. The lowest BCUT2D eigenvalue weighted by Gasteiger charge is -2.14. The van der Waals surface area contributed by atoms with Gasteiger partial charge in [-0.25, -0.2) is 0 Å². The highest BCUT2D eigenvalue weighted by atomic mass is 16.5. The molecule has 0 radical (unpaired) electrons. The minimum absolute atomic E-state index is 0.239. The van der Waals surface area contributed by atoms with Crippen molar-refractivity contribution in [2.45, 2.75) is 26.5 Å². The van der Waals surface area contributed by atoms with Gasteiger partial charge in [-0.2, -0.15) is 5.10 Å². The molecule has 3 aromatic rings. The number of aliphatic hydroxyl groups excluding tert-OH is 1. The summed E-state index contributed by atoms with van der Waals surface area (Å²) in [5.74, 6) is 0.752. The molecule has 0 spiro atoms. The van der Waals surface area contributed by atoms with Crippen molar-refractivity contribution in [2.75, 3.05) is 6.61 Å². The van der Waals surface area contributed by atoms with Crippen molar-refractivity contribution >= 4 is 0 Å². The van der Waals surface area contributed by atoms with Crippen LogP contribution in [0.5, 0.6) is 5.75 Å². The molecular formula is C20H22N2O2. The lowest BCUT2D eigenvalue weighted by Crippen LogP contribution is -2.24. The van der Waals surface area contributed by atoms with Crippen LogP contribution in [0.4, 0.5) is 0 Å². The molecule has 3 rings (SSSR count). The highest BCUT2D eigenvalue weighted by molar-refractivity contribution is 5.63. The summed E-state index contributed by atoms with van der Waals surface area (Å²) < 4.78 is 7.49. The van der Waals surface area contributed by atoms with Gasteiger partial charge >= 0.3 is 0 Å². The summed E-state index contributed by atoms with van der Waals surface area (Å²) in [6, 6.07) is 20.1. The molecule has 24 heavy (non-hydrogen) atoms. The zero-order chi connectivity index (χ0) is 16.9. The maximum atomic E-state index is 10.1. The van der Waals surface area contributed by atoms with Crippen LogP contribution in [0.15, 0.2) is 60.7 Å². The fourth-order valence-electron chi connectivity index (χ4n) is 2.68. The number of nitrogens with zero attached hydrogens (tertiary/aromatic N) is 2. The molecule has 124 valence electrons. The van der Waals surface area contributed by atoms with Crippen LogP contribution < -0.4 is 4.74 Å². The molecular weight excluding hydrogens is 300 g/mol. The number of hydrogen-bond donors (Lipinski definition) is 1. The zero-order valence-electron chi connectivity index (χ0n) is 14.0. The lowest BCUT2D eigenvalue weighted by molar-refractivity contribution is 0.0887.